The van der Waals surface area contributed by atoms with Gasteiger partial charge < -0.3 is 9.47 Å². The monoisotopic (exact) mass is 404 g/mol. The molecule has 0 aromatic heterocycles. The number of hydrogen-bond acceptors (Lipinski definition) is 4. The zero-order valence-corrected chi connectivity index (χ0v) is 16.4. The van der Waals surface area contributed by atoms with E-state index in [-0.39, 0.29) is 23.9 Å². The highest BCUT2D eigenvalue weighted by Gasteiger charge is 2.30. The fourth-order valence-corrected chi connectivity index (χ4v) is 3.34. The lowest BCUT2D eigenvalue weighted by molar-refractivity contribution is 0.0920. The Bertz CT molecular complexity index is 1130. The quantitative estimate of drug-likeness (QED) is 0.414. The van der Waals surface area contributed by atoms with Gasteiger partial charge in [0, 0.05) is 16.7 Å². The molecule has 0 saturated heterocycles. The first kappa shape index (κ1) is 19.0. The maximum absolute atomic E-state index is 12.8. The van der Waals surface area contributed by atoms with Crippen LogP contribution < -0.4 is 9.47 Å². The summed E-state index contributed by atoms with van der Waals surface area (Å²) in [4.78, 5) is 25.0. The summed E-state index contributed by atoms with van der Waals surface area (Å²) >= 11 is 6.18. The molecule has 3 aromatic carbocycles. The number of hydrogen-bond donors (Lipinski definition) is 0. The molecule has 0 fully saturated rings. The van der Waals surface area contributed by atoms with Crippen molar-refractivity contribution in [1.29, 1.82) is 0 Å². The summed E-state index contributed by atoms with van der Waals surface area (Å²) in [5.41, 5.74) is 2.50. The molecule has 144 valence electrons. The van der Waals surface area contributed by atoms with Crippen molar-refractivity contribution in [3.8, 4) is 11.5 Å². The fourth-order valence-electron chi connectivity index (χ4n) is 3.15. The molecule has 29 heavy (non-hydrogen) atoms. The van der Waals surface area contributed by atoms with E-state index >= 15 is 0 Å². The molecule has 0 N–H and O–H groups in total. The Kier molecular flexibility index (Phi) is 5.19. The van der Waals surface area contributed by atoms with Crippen molar-refractivity contribution in [1.82, 2.24) is 0 Å². The van der Waals surface area contributed by atoms with Crippen molar-refractivity contribution >= 4 is 29.2 Å². The van der Waals surface area contributed by atoms with Crippen LogP contribution in [0.3, 0.4) is 0 Å². The molecule has 0 spiro atoms. The number of allylic oxidation sites excluding steroid dienone is 1. The molecule has 0 saturated carbocycles. The van der Waals surface area contributed by atoms with Crippen molar-refractivity contribution in [3.63, 3.8) is 0 Å². The molecular formula is C24H17ClO4. The highest BCUT2D eigenvalue weighted by molar-refractivity contribution is 6.32. The first-order valence-corrected chi connectivity index (χ1v) is 9.45. The molecule has 0 bridgehead atoms. The number of Topliss-reactive ketones (excluding diaryl/α,β-unsaturated/α-hetero) is 2. The Labute approximate surface area is 173 Å². The van der Waals surface area contributed by atoms with Crippen LogP contribution in [0.15, 0.2) is 72.5 Å². The number of fused-ring (bicyclic) bond motifs is 1. The second kappa shape index (κ2) is 7.94. The molecule has 0 atom stereocenters. The number of carbonyl (C=O) groups excluding carboxylic acids is 2. The lowest BCUT2D eigenvalue weighted by atomic mass is 10.0. The summed E-state index contributed by atoms with van der Waals surface area (Å²) in [6, 6.07) is 19.5. The number of benzene rings is 3. The first-order valence-electron chi connectivity index (χ1n) is 9.07. The molecule has 0 radical (unpaired) electrons. The Hall–Kier alpha value is -3.37. The Morgan fingerprint density at radius 1 is 1.07 bits per heavy atom. The van der Waals surface area contributed by atoms with Crippen molar-refractivity contribution in [2.45, 2.75) is 6.92 Å². The predicted molar refractivity (Wildman–Crippen MR) is 112 cm³/mol. The van der Waals surface area contributed by atoms with Crippen molar-refractivity contribution in [3.05, 3.63) is 99.8 Å². The molecule has 0 aliphatic carbocycles. The van der Waals surface area contributed by atoms with Gasteiger partial charge in [-0.3, -0.25) is 9.59 Å². The van der Waals surface area contributed by atoms with Gasteiger partial charge in [0.2, 0.25) is 5.78 Å². The highest BCUT2D eigenvalue weighted by Crippen LogP contribution is 2.38. The van der Waals surface area contributed by atoms with Gasteiger partial charge in [0.15, 0.2) is 18.1 Å². The molecular weight excluding hydrogens is 388 g/mol. The van der Waals surface area contributed by atoms with Crippen LogP contribution in [0.4, 0.5) is 0 Å². The van der Waals surface area contributed by atoms with E-state index in [1.807, 2.05) is 31.2 Å². The van der Waals surface area contributed by atoms with Crippen LogP contribution in [0.2, 0.25) is 5.02 Å². The SMILES string of the molecule is Cc1cc(OCC(=O)c2ccccc2)cc2c1C(=O)/C(=C/c1ccccc1Cl)O2. The standard InChI is InChI=1S/C24H17ClO4/c1-15-11-18(28-14-20(26)16-7-3-2-4-8-16)13-21-23(15)24(27)22(29-21)12-17-9-5-6-10-19(17)25/h2-13H,14H2,1H3/b22-12-. The maximum Gasteiger partial charge on any atom is 0.232 e. The van der Waals surface area contributed by atoms with Crippen LogP contribution >= 0.6 is 11.6 Å². The zero-order chi connectivity index (χ0) is 20.4. The third-order valence-corrected chi connectivity index (χ3v) is 4.95. The molecule has 1 heterocycles. The second-order valence-electron chi connectivity index (χ2n) is 6.65. The Balaban J connectivity index is 1.55. The molecule has 0 unspecified atom stereocenters. The van der Waals surface area contributed by atoms with E-state index in [1.54, 1.807) is 48.5 Å². The van der Waals surface area contributed by atoms with Gasteiger partial charge in [-0.2, -0.15) is 0 Å². The van der Waals surface area contributed by atoms with E-state index in [1.165, 1.54) is 0 Å². The number of ketones is 2. The normalized spacial score (nSPS) is 13.9. The van der Waals surface area contributed by atoms with E-state index in [4.69, 9.17) is 21.1 Å². The molecule has 0 amide bonds. The summed E-state index contributed by atoms with van der Waals surface area (Å²) in [5.74, 6) is 0.755. The topological polar surface area (TPSA) is 52.6 Å². The summed E-state index contributed by atoms with van der Waals surface area (Å²) in [7, 11) is 0. The van der Waals surface area contributed by atoms with Gasteiger partial charge in [0.1, 0.15) is 11.5 Å². The van der Waals surface area contributed by atoms with Gasteiger partial charge in [-0.1, -0.05) is 60.1 Å². The number of carbonyl (C=O) groups is 2. The average Bonchev–Trinajstić information content (AvgIpc) is 3.04. The Morgan fingerprint density at radius 2 is 1.79 bits per heavy atom. The minimum atomic E-state index is -0.204. The minimum Gasteiger partial charge on any atom is -0.485 e. The number of ether oxygens (including phenoxy) is 2. The van der Waals surface area contributed by atoms with E-state index in [0.717, 1.165) is 5.56 Å². The predicted octanol–water partition coefficient (Wildman–Crippen LogP) is 5.53. The second-order valence-corrected chi connectivity index (χ2v) is 7.06. The van der Waals surface area contributed by atoms with E-state index in [0.29, 0.717) is 33.2 Å². The highest BCUT2D eigenvalue weighted by atomic mass is 35.5. The summed E-state index contributed by atoms with van der Waals surface area (Å²) < 4.78 is 11.4. The minimum absolute atomic E-state index is 0.0987. The molecule has 5 heteroatoms. The molecule has 4 nitrogen and oxygen atoms in total. The zero-order valence-electron chi connectivity index (χ0n) is 15.6. The van der Waals surface area contributed by atoms with E-state index in [2.05, 4.69) is 0 Å². The van der Waals surface area contributed by atoms with Crippen LogP contribution in [-0.2, 0) is 0 Å². The summed E-state index contributed by atoms with van der Waals surface area (Å²) in [5, 5.41) is 0.535. The van der Waals surface area contributed by atoms with Crippen molar-refractivity contribution < 1.29 is 19.1 Å². The molecule has 3 aromatic rings. The lowest BCUT2D eigenvalue weighted by Crippen LogP contribution is -2.11. The fraction of sp³-hybridized carbons (Fsp3) is 0.0833. The van der Waals surface area contributed by atoms with E-state index in [9.17, 15) is 9.59 Å². The number of halogens is 1. The van der Waals surface area contributed by atoms with Crippen LogP contribution in [0.25, 0.3) is 6.08 Å². The molecule has 1 aliphatic rings. The van der Waals surface area contributed by atoms with Gasteiger partial charge in [-0.05, 0) is 36.3 Å². The van der Waals surface area contributed by atoms with Crippen molar-refractivity contribution in [2.75, 3.05) is 6.61 Å². The summed E-state index contributed by atoms with van der Waals surface area (Å²) in [6.45, 7) is 1.71. The first-order chi connectivity index (χ1) is 14.0. The third kappa shape index (κ3) is 3.93. The Morgan fingerprint density at radius 3 is 2.55 bits per heavy atom. The molecule has 1 aliphatic heterocycles. The average molecular weight is 405 g/mol. The van der Waals surface area contributed by atoms with Crippen LogP contribution in [0.5, 0.6) is 11.5 Å². The van der Waals surface area contributed by atoms with Crippen LogP contribution in [0, 0.1) is 6.92 Å². The van der Waals surface area contributed by atoms with Crippen molar-refractivity contribution in [2.24, 2.45) is 0 Å². The van der Waals surface area contributed by atoms with E-state index < -0.39 is 0 Å². The molecule has 4 rings (SSSR count). The lowest BCUT2D eigenvalue weighted by Gasteiger charge is -2.08. The van der Waals surface area contributed by atoms with Gasteiger partial charge in [-0.15, -0.1) is 0 Å². The van der Waals surface area contributed by atoms with Gasteiger partial charge in [0.05, 0.1) is 5.56 Å². The number of rotatable bonds is 5. The smallest absolute Gasteiger partial charge is 0.232 e. The third-order valence-electron chi connectivity index (χ3n) is 4.60. The summed E-state index contributed by atoms with van der Waals surface area (Å²) in [6.07, 6.45) is 1.63. The van der Waals surface area contributed by atoms with Gasteiger partial charge in [0.25, 0.3) is 0 Å². The number of aryl methyl sites for hydroxylation is 1. The maximum atomic E-state index is 12.8. The van der Waals surface area contributed by atoms with Gasteiger partial charge in [-0.25, -0.2) is 0 Å². The van der Waals surface area contributed by atoms with Crippen LogP contribution in [-0.4, -0.2) is 18.2 Å². The largest absolute Gasteiger partial charge is 0.485 e. The van der Waals surface area contributed by atoms with Crippen LogP contribution in [0.1, 0.15) is 31.8 Å². The van der Waals surface area contributed by atoms with Gasteiger partial charge >= 0.3 is 0 Å².